The van der Waals surface area contributed by atoms with Gasteiger partial charge >= 0.3 is 0 Å². The van der Waals surface area contributed by atoms with Gasteiger partial charge in [-0.3, -0.25) is 9.59 Å². The van der Waals surface area contributed by atoms with Crippen LogP contribution in [0.25, 0.3) is 0 Å². The first-order valence-electron chi connectivity index (χ1n) is 11.4. The Morgan fingerprint density at radius 3 is 2.35 bits per heavy atom. The molecule has 178 valence electrons. The lowest BCUT2D eigenvalue weighted by Gasteiger charge is -2.32. The third-order valence-electron chi connectivity index (χ3n) is 5.82. The maximum absolute atomic E-state index is 13.8. The Bertz CT molecular complexity index is 1150. The van der Waals surface area contributed by atoms with Crippen molar-refractivity contribution in [2.24, 2.45) is 0 Å². The first kappa shape index (κ1) is 25.8. The molecule has 0 saturated carbocycles. The van der Waals surface area contributed by atoms with Crippen LogP contribution in [0.1, 0.15) is 34.7 Å². The van der Waals surface area contributed by atoms with Crippen LogP contribution >= 0.6 is 23.2 Å². The fourth-order valence-corrected chi connectivity index (χ4v) is 4.40. The molecule has 6 heteroatoms. The van der Waals surface area contributed by atoms with Gasteiger partial charge in [0, 0.05) is 29.6 Å². The molecule has 0 radical (unpaired) electrons. The van der Waals surface area contributed by atoms with Crippen molar-refractivity contribution in [3.05, 3.63) is 105 Å². The number of halogens is 2. The van der Waals surface area contributed by atoms with Gasteiger partial charge in [-0.15, -0.1) is 0 Å². The van der Waals surface area contributed by atoms with Crippen molar-refractivity contribution in [3.63, 3.8) is 0 Å². The largest absolute Gasteiger partial charge is 0.355 e. The highest BCUT2D eigenvalue weighted by Crippen LogP contribution is 2.25. The number of carbonyl (C=O) groups excluding carboxylic acids is 2. The maximum Gasteiger partial charge on any atom is 0.243 e. The van der Waals surface area contributed by atoms with Crippen molar-refractivity contribution in [2.45, 2.75) is 46.2 Å². The van der Waals surface area contributed by atoms with Crippen LogP contribution in [-0.2, 0) is 29.0 Å². The molecule has 1 unspecified atom stereocenters. The molecular weight excluding hydrogens is 467 g/mol. The van der Waals surface area contributed by atoms with E-state index in [4.69, 9.17) is 23.2 Å². The highest BCUT2D eigenvalue weighted by Gasteiger charge is 2.30. The zero-order valence-electron chi connectivity index (χ0n) is 19.8. The van der Waals surface area contributed by atoms with Gasteiger partial charge in [0.15, 0.2) is 0 Å². The van der Waals surface area contributed by atoms with Crippen molar-refractivity contribution in [1.82, 2.24) is 10.2 Å². The van der Waals surface area contributed by atoms with Gasteiger partial charge in [0.1, 0.15) is 6.04 Å². The fourth-order valence-electron chi connectivity index (χ4n) is 3.93. The Balaban J connectivity index is 2.01. The Hall–Kier alpha value is -2.82. The molecule has 0 aliphatic rings. The highest BCUT2D eigenvalue weighted by molar-refractivity contribution is 6.35. The zero-order valence-corrected chi connectivity index (χ0v) is 21.3. The lowest BCUT2D eigenvalue weighted by Crippen LogP contribution is -2.51. The summed E-state index contributed by atoms with van der Waals surface area (Å²) in [4.78, 5) is 28.7. The third-order valence-corrected chi connectivity index (χ3v) is 6.41. The van der Waals surface area contributed by atoms with Crippen LogP contribution < -0.4 is 5.32 Å². The summed E-state index contributed by atoms with van der Waals surface area (Å²) in [6.45, 7) is 6.55. The zero-order chi connectivity index (χ0) is 24.7. The van der Waals surface area contributed by atoms with Crippen LogP contribution in [0.3, 0.4) is 0 Å². The molecule has 0 heterocycles. The second-order valence-electron chi connectivity index (χ2n) is 8.46. The van der Waals surface area contributed by atoms with Crippen LogP contribution in [0.2, 0.25) is 10.0 Å². The summed E-state index contributed by atoms with van der Waals surface area (Å²) in [5.41, 5.74) is 4.80. The van der Waals surface area contributed by atoms with Gasteiger partial charge in [-0.05, 0) is 55.2 Å². The van der Waals surface area contributed by atoms with Gasteiger partial charge in [-0.2, -0.15) is 0 Å². The first-order valence-corrected chi connectivity index (χ1v) is 12.1. The quantitative estimate of drug-likeness (QED) is 0.399. The molecule has 2 amide bonds. The van der Waals surface area contributed by atoms with Crippen LogP contribution in [0.5, 0.6) is 0 Å². The second-order valence-corrected chi connectivity index (χ2v) is 9.31. The van der Waals surface area contributed by atoms with Crippen LogP contribution in [-0.4, -0.2) is 29.3 Å². The number of likely N-dealkylation sites (N-methyl/N-ethyl adjacent to an activating group) is 1. The van der Waals surface area contributed by atoms with Crippen molar-refractivity contribution >= 4 is 35.0 Å². The molecule has 1 N–H and O–H groups in total. The summed E-state index contributed by atoms with van der Waals surface area (Å²) in [6.07, 6.45) is 0.597. The minimum Gasteiger partial charge on any atom is -0.355 e. The second kappa shape index (κ2) is 12.0. The van der Waals surface area contributed by atoms with E-state index in [0.717, 1.165) is 27.8 Å². The van der Waals surface area contributed by atoms with Crippen molar-refractivity contribution in [2.75, 3.05) is 6.54 Å². The van der Waals surface area contributed by atoms with Gasteiger partial charge in [-0.25, -0.2) is 0 Å². The molecule has 4 nitrogen and oxygen atoms in total. The van der Waals surface area contributed by atoms with Gasteiger partial charge in [-0.1, -0.05) is 83.4 Å². The van der Waals surface area contributed by atoms with Crippen molar-refractivity contribution in [1.29, 1.82) is 0 Å². The number of aryl methyl sites for hydroxylation is 2. The van der Waals surface area contributed by atoms with E-state index in [1.54, 1.807) is 23.1 Å². The summed E-state index contributed by atoms with van der Waals surface area (Å²) in [5, 5.41) is 3.89. The summed E-state index contributed by atoms with van der Waals surface area (Å²) in [5.74, 6) is -0.322. The average Bonchev–Trinajstić information content (AvgIpc) is 2.80. The molecule has 0 saturated heterocycles. The molecule has 34 heavy (non-hydrogen) atoms. The van der Waals surface area contributed by atoms with Gasteiger partial charge in [0.05, 0.1) is 6.42 Å². The molecule has 0 aromatic heterocycles. The lowest BCUT2D eigenvalue weighted by molar-refractivity contribution is -0.140. The Morgan fingerprint density at radius 1 is 0.941 bits per heavy atom. The molecule has 3 aromatic carbocycles. The molecule has 0 spiro atoms. The van der Waals surface area contributed by atoms with E-state index < -0.39 is 6.04 Å². The molecule has 0 aliphatic carbocycles. The van der Waals surface area contributed by atoms with Crippen molar-refractivity contribution in [3.8, 4) is 0 Å². The fraction of sp³-hybridized carbons (Fsp3) is 0.286. The third kappa shape index (κ3) is 6.85. The summed E-state index contributed by atoms with van der Waals surface area (Å²) >= 11 is 12.6. The number of hydrogen-bond donors (Lipinski definition) is 1. The van der Waals surface area contributed by atoms with Crippen LogP contribution in [0.15, 0.2) is 66.7 Å². The topological polar surface area (TPSA) is 49.4 Å². The predicted molar refractivity (Wildman–Crippen MR) is 139 cm³/mol. The molecule has 0 fully saturated rings. The number of hydrogen-bond acceptors (Lipinski definition) is 2. The molecule has 3 aromatic rings. The number of amides is 2. The molecule has 1 atom stereocenters. The normalized spacial score (nSPS) is 11.7. The van der Waals surface area contributed by atoms with Gasteiger partial charge in [0.25, 0.3) is 0 Å². The number of nitrogens with zero attached hydrogens (tertiary/aromatic N) is 1. The first-order chi connectivity index (χ1) is 16.3. The van der Waals surface area contributed by atoms with Gasteiger partial charge in [0.2, 0.25) is 11.8 Å². The number of benzene rings is 3. The number of rotatable bonds is 9. The Kier molecular flexibility index (Phi) is 9.14. The molecule has 0 aliphatic heterocycles. The van der Waals surface area contributed by atoms with E-state index in [1.807, 2.05) is 69.3 Å². The number of nitrogens with one attached hydrogen (secondary N) is 1. The standard InChI is InChI=1S/C28H30Cl2N2O2/c1-4-31-28(34)26(15-21-8-6-5-7-9-21)32(18-22-12-13-24(29)17-25(22)30)27(33)16-23-14-19(2)10-11-20(23)3/h5-14,17,26H,4,15-16,18H2,1-3H3,(H,31,34). The van der Waals surface area contributed by atoms with E-state index in [-0.39, 0.29) is 24.8 Å². The summed E-state index contributed by atoms with van der Waals surface area (Å²) < 4.78 is 0. The summed E-state index contributed by atoms with van der Waals surface area (Å²) in [7, 11) is 0. The smallest absolute Gasteiger partial charge is 0.243 e. The van der Waals surface area contributed by atoms with Crippen molar-refractivity contribution < 1.29 is 9.59 Å². The number of carbonyl (C=O) groups is 2. The Labute approximate surface area is 211 Å². The average molecular weight is 497 g/mol. The maximum atomic E-state index is 13.8. The summed E-state index contributed by atoms with van der Waals surface area (Å²) in [6, 6.07) is 20.3. The van der Waals surface area contributed by atoms with E-state index in [2.05, 4.69) is 5.32 Å². The molecule has 3 rings (SSSR count). The van der Waals surface area contributed by atoms with E-state index in [1.165, 1.54) is 0 Å². The van der Waals surface area contributed by atoms with E-state index in [9.17, 15) is 9.59 Å². The highest BCUT2D eigenvalue weighted by atomic mass is 35.5. The predicted octanol–water partition coefficient (Wildman–Crippen LogP) is 5.93. The Morgan fingerprint density at radius 2 is 1.68 bits per heavy atom. The van der Waals surface area contributed by atoms with E-state index in [0.29, 0.717) is 23.0 Å². The van der Waals surface area contributed by atoms with Crippen LogP contribution in [0.4, 0.5) is 0 Å². The molecule has 0 bridgehead atoms. The SMILES string of the molecule is CCNC(=O)C(Cc1ccccc1)N(Cc1ccc(Cl)cc1Cl)C(=O)Cc1cc(C)ccc1C. The minimum absolute atomic E-state index is 0.132. The lowest BCUT2D eigenvalue weighted by atomic mass is 9.99. The van der Waals surface area contributed by atoms with Gasteiger partial charge < -0.3 is 10.2 Å². The monoisotopic (exact) mass is 496 g/mol. The van der Waals surface area contributed by atoms with E-state index >= 15 is 0 Å². The minimum atomic E-state index is -0.688. The molecular formula is C28H30Cl2N2O2. The van der Waals surface area contributed by atoms with Crippen LogP contribution in [0, 0.1) is 13.8 Å².